The van der Waals surface area contributed by atoms with E-state index in [0.29, 0.717) is 29.4 Å². The average molecular weight is 417 g/mol. The van der Waals surface area contributed by atoms with Crippen LogP contribution in [0.25, 0.3) is 5.76 Å². The fourth-order valence-corrected chi connectivity index (χ4v) is 3.68. The van der Waals surface area contributed by atoms with Gasteiger partial charge in [-0.1, -0.05) is 19.1 Å². The van der Waals surface area contributed by atoms with Gasteiger partial charge >= 0.3 is 0 Å². The number of aliphatic hydroxyl groups excluding tert-OH is 1. The number of ketones is 1. The number of carbonyl (C=O) groups excluding carboxylic acids is 2. The number of furan rings is 1. The highest BCUT2D eigenvalue weighted by atomic mass is 16.5. The van der Waals surface area contributed by atoms with Crippen LogP contribution in [0.4, 0.5) is 5.69 Å². The molecule has 1 atom stereocenters. The highest BCUT2D eigenvalue weighted by molar-refractivity contribution is 6.51. The van der Waals surface area contributed by atoms with E-state index >= 15 is 0 Å². The molecule has 6 nitrogen and oxygen atoms in total. The molecule has 4 rings (SSSR count). The summed E-state index contributed by atoms with van der Waals surface area (Å²) in [5.41, 5.74) is 1.91. The number of nitrogens with zero attached hydrogens (tertiary/aromatic N) is 1. The van der Waals surface area contributed by atoms with Gasteiger partial charge in [-0.2, -0.15) is 0 Å². The summed E-state index contributed by atoms with van der Waals surface area (Å²) in [6, 6.07) is 16.6. The smallest absolute Gasteiger partial charge is 0.300 e. The summed E-state index contributed by atoms with van der Waals surface area (Å²) in [5, 5.41) is 11.1. The van der Waals surface area contributed by atoms with Gasteiger partial charge in [0.1, 0.15) is 23.3 Å². The lowest BCUT2D eigenvalue weighted by Crippen LogP contribution is -2.29. The zero-order valence-electron chi connectivity index (χ0n) is 17.4. The third-order valence-corrected chi connectivity index (χ3v) is 5.14. The number of ether oxygens (including phenoxy) is 1. The quantitative estimate of drug-likeness (QED) is 0.347. The molecule has 0 bridgehead atoms. The van der Waals surface area contributed by atoms with Crippen molar-refractivity contribution >= 4 is 23.1 Å². The lowest BCUT2D eigenvalue weighted by atomic mass is 9.99. The molecule has 158 valence electrons. The Morgan fingerprint density at radius 3 is 2.52 bits per heavy atom. The van der Waals surface area contributed by atoms with Crippen molar-refractivity contribution in [2.45, 2.75) is 26.3 Å². The van der Waals surface area contributed by atoms with E-state index in [1.54, 1.807) is 42.5 Å². The summed E-state index contributed by atoms with van der Waals surface area (Å²) >= 11 is 0. The number of aryl methyl sites for hydroxylation is 1. The summed E-state index contributed by atoms with van der Waals surface area (Å²) in [4.78, 5) is 27.4. The third-order valence-electron chi connectivity index (χ3n) is 5.14. The van der Waals surface area contributed by atoms with Gasteiger partial charge < -0.3 is 14.3 Å². The van der Waals surface area contributed by atoms with Gasteiger partial charge in [-0.15, -0.1) is 0 Å². The average Bonchev–Trinajstić information content (AvgIpc) is 3.39. The first-order valence-electron chi connectivity index (χ1n) is 10.2. The highest BCUT2D eigenvalue weighted by Crippen LogP contribution is 2.42. The van der Waals surface area contributed by atoms with Crippen molar-refractivity contribution < 1.29 is 23.8 Å². The molecule has 6 heteroatoms. The van der Waals surface area contributed by atoms with Crippen LogP contribution in [0.15, 0.2) is 76.9 Å². The third kappa shape index (κ3) is 3.84. The fourth-order valence-electron chi connectivity index (χ4n) is 3.68. The maximum Gasteiger partial charge on any atom is 0.300 e. The minimum atomic E-state index is -0.868. The van der Waals surface area contributed by atoms with Crippen molar-refractivity contribution in [3.05, 3.63) is 89.4 Å². The van der Waals surface area contributed by atoms with Gasteiger partial charge in [-0.05, 0) is 67.4 Å². The van der Waals surface area contributed by atoms with Crippen LogP contribution >= 0.6 is 0 Å². The Morgan fingerprint density at radius 2 is 1.87 bits per heavy atom. The SMILES string of the molecule is CCCOc1ccc(/C(O)=C2/C(=O)C(=O)N(c3cccc(C)c3)C2c2ccco2)cc1. The molecule has 1 aliphatic heterocycles. The second kappa shape index (κ2) is 8.52. The molecule has 2 heterocycles. The van der Waals surface area contributed by atoms with Gasteiger partial charge in [-0.25, -0.2) is 0 Å². The number of rotatable bonds is 6. The summed E-state index contributed by atoms with van der Waals surface area (Å²) < 4.78 is 11.1. The minimum absolute atomic E-state index is 0.0105. The standard InChI is InChI=1S/C25H23NO5/c1-3-13-30-19-11-9-17(10-12-19)23(27)21-22(20-8-5-14-31-20)26(25(29)24(21)28)18-7-4-6-16(2)15-18/h4-12,14-15,22,27H,3,13H2,1-2H3/b23-21-. The molecule has 3 aromatic rings. The number of amides is 1. The molecular weight excluding hydrogens is 394 g/mol. The van der Waals surface area contributed by atoms with E-state index < -0.39 is 17.7 Å². The lowest BCUT2D eigenvalue weighted by Gasteiger charge is -2.23. The fraction of sp³-hybridized carbons (Fsp3) is 0.200. The van der Waals surface area contributed by atoms with E-state index in [9.17, 15) is 14.7 Å². The molecule has 0 radical (unpaired) electrons. The summed E-state index contributed by atoms with van der Waals surface area (Å²) in [6.07, 6.45) is 2.36. The molecule has 1 aromatic heterocycles. The van der Waals surface area contributed by atoms with Crippen molar-refractivity contribution in [2.24, 2.45) is 0 Å². The number of aliphatic hydroxyl groups is 1. The van der Waals surface area contributed by atoms with E-state index in [4.69, 9.17) is 9.15 Å². The Kier molecular flexibility index (Phi) is 5.62. The maximum atomic E-state index is 13.0. The second-order valence-electron chi connectivity index (χ2n) is 7.40. The molecule has 31 heavy (non-hydrogen) atoms. The number of carbonyl (C=O) groups is 2. The summed E-state index contributed by atoms with van der Waals surface area (Å²) in [5.74, 6) is -0.661. The van der Waals surface area contributed by atoms with Gasteiger partial charge in [0, 0.05) is 11.3 Å². The first-order valence-corrected chi connectivity index (χ1v) is 10.2. The van der Waals surface area contributed by atoms with Crippen LogP contribution < -0.4 is 9.64 Å². The van der Waals surface area contributed by atoms with Gasteiger partial charge in [0.25, 0.3) is 11.7 Å². The number of benzene rings is 2. The summed E-state index contributed by atoms with van der Waals surface area (Å²) in [7, 11) is 0. The zero-order chi connectivity index (χ0) is 22.0. The van der Waals surface area contributed by atoms with Crippen LogP contribution in [-0.2, 0) is 9.59 Å². The summed E-state index contributed by atoms with van der Waals surface area (Å²) in [6.45, 7) is 4.51. The molecule has 1 aliphatic rings. The monoisotopic (exact) mass is 417 g/mol. The number of hydrogen-bond donors (Lipinski definition) is 1. The van der Waals surface area contributed by atoms with E-state index in [-0.39, 0.29) is 11.3 Å². The first-order chi connectivity index (χ1) is 15.0. The Hall–Kier alpha value is -3.80. The molecule has 0 saturated carbocycles. The van der Waals surface area contributed by atoms with E-state index in [0.717, 1.165) is 12.0 Å². The normalized spacial score (nSPS) is 17.9. The molecule has 2 aromatic carbocycles. The lowest BCUT2D eigenvalue weighted by molar-refractivity contribution is -0.132. The predicted octanol–water partition coefficient (Wildman–Crippen LogP) is 5.00. The molecule has 1 fully saturated rings. The minimum Gasteiger partial charge on any atom is -0.507 e. The second-order valence-corrected chi connectivity index (χ2v) is 7.40. The van der Waals surface area contributed by atoms with Gasteiger partial charge in [-0.3, -0.25) is 14.5 Å². The van der Waals surface area contributed by atoms with Gasteiger partial charge in [0.15, 0.2) is 0 Å². The maximum absolute atomic E-state index is 13.0. The molecule has 1 amide bonds. The van der Waals surface area contributed by atoms with Gasteiger partial charge in [0.05, 0.1) is 18.4 Å². The Labute approximate surface area is 180 Å². The van der Waals surface area contributed by atoms with E-state index in [1.165, 1.54) is 11.2 Å². The zero-order valence-corrected chi connectivity index (χ0v) is 17.4. The number of hydrogen-bond acceptors (Lipinski definition) is 5. The van der Waals surface area contributed by atoms with Crippen LogP contribution in [0.1, 0.15) is 36.3 Å². The molecule has 1 N–H and O–H groups in total. The van der Waals surface area contributed by atoms with Crippen LogP contribution in [-0.4, -0.2) is 23.4 Å². The molecular formula is C25H23NO5. The van der Waals surface area contributed by atoms with Crippen LogP contribution in [0, 0.1) is 6.92 Å². The van der Waals surface area contributed by atoms with E-state index in [1.807, 2.05) is 32.0 Å². The van der Waals surface area contributed by atoms with Crippen LogP contribution in [0.5, 0.6) is 5.75 Å². The van der Waals surface area contributed by atoms with Gasteiger partial charge in [0.2, 0.25) is 0 Å². The predicted molar refractivity (Wildman–Crippen MR) is 117 cm³/mol. The number of Topliss-reactive ketones (excluding diaryl/α,β-unsaturated/α-hetero) is 1. The van der Waals surface area contributed by atoms with Crippen LogP contribution in [0.3, 0.4) is 0 Å². The molecule has 0 spiro atoms. The first kappa shape index (κ1) is 20.5. The van der Waals surface area contributed by atoms with Crippen molar-refractivity contribution in [3.63, 3.8) is 0 Å². The molecule has 1 saturated heterocycles. The largest absolute Gasteiger partial charge is 0.507 e. The Morgan fingerprint density at radius 1 is 1.10 bits per heavy atom. The Bertz CT molecular complexity index is 1130. The van der Waals surface area contributed by atoms with Crippen molar-refractivity contribution in [2.75, 3.05) is 11.5 Å². The highest BCUT2D eigenvalue weighted by Gasteiger charge is 2.48. The molecule has 0 aliphatic carbocycles. The van der Waals surface area contributed by atoms with Crippen molar-refractivity contribution in [3.8, 4) is 5.75 Å². The Balaban J connectivity index is 1.81. The van der Waals surface area contributed by atoms with Crippen molar-refractivity contribution in [1.29, 1.82) is 0 Å². The number of anilines is 1. The van der Waals surface area contributed by atoms with E-state index in [2.05, 4.69) is 0 Å². The molecule has 1 unspecified atom stereocenters. The van der Waals surface area contributed by atoms with Crippen molar-refractivity contribution in [1.82, 2.24) is 0 Å². The van der Waals surface area contributed by atoms with Crippen LogP contribution in [0.2, 0.25) is 0 Å². The topological polar surface area (TPSA) is 80.0 Å².